The Kier molecular flexibility index (Phi) is 5.07. The number of carbonyl (C=O) groups excluding carboxylic acids is 2. The van der Waals surface area contributed by atoms with E-state index in [2.05, 4.69) is 4.74 Å². The second-order valence-electron chi connectivity index (χ2n) is 5.94. The number of nitrogens with zero attached hydrogens (tertiary/aromatic N) is 1. The SMILES string of the molecule is COC(=O)c1ccc2c(c1)CCN2C(=O)COc1ccc(C(F)(F)F)cc1. The van der Waals surface area contributed by atoms with Gasteiger partial charge in [0, 0.05) is 12.2 Å². The maximum atomic E-state index is 12.5. The molecule has 2 aromatic carbocycles. The standard InChI is InChI=1S/C19H16F3NO4/c1-26-18(25)13-2-7-16-12(10-13)8-9-23(16)17(24)11-27-15-5-3-14(4-6-15)19(20,21)22/h2-7,10H,8-9,11H2,1H3. The molecule has 142 valence electrons. The molecule has 0 spiro atoms. The Morgan fingerprint density at radius 1 is 1.11 bits per heavy atom. The minimum Gasteiger partial charge on any atom is -0.484 e. The third-order valence-corrected chi connectivity index (χ3v) is 4.24. The van der Waals surface area contributed by atoms with E-state index < -0.39 is 17.7 Å². The smallest absolute Gasteiger partial charge is 0.416 e. The lowest BCUT2D eigenvalue weighted by Gasteiger charge is -2.18. The molecule has 0 saturated carbocycles. The second-order valence-corrected chi connectivity index (χ2v) is 5.94. The number of alkyl halides is 3. The second kappa shape index (κ2) is 7.30. The number of amides is 1. The largest absolute Gasteiger partial charge is 0.484 e. The van der Waals surface area contributed by atoms with Gasteiger partial charge < -0.3 is 14.4 Å². The molecule has 8 heteroatoms. The average molecular weight is 379 g/mol. The highest BCUT2D eigenvalue weighted by molar-refractivity contribution is 5.98. The van der Waals surface area contributed by atoms with Gasteiger partial charge in [0.25, 0.3) is 5.91 Å². The van der Waals surface area contributed by atoms with Crippen LogP contribution in [0.2, 0.25) is 0 Å². The molecule has 0 saturated heterocycles. The van der Waals surface area contributed by atoms with E-state index >= 15 is 0 Å². The number of benzene rings is 2. The molecule has 5 nitrogen and oxygen atoms in total. The zero-order valence-electron chi connectivity index (χ0n) is 14.4. The molecule has 3 rings (SSSR count). The fraction of sp³-hybridized carbons (Fsp3) is 0.263. The van der Waals surface area contributed by atoms with Gasteiger partial charge in [-0.05, 0) is 54.4 Å². The Bertz CT molecular complexity index is 862. The maximum absolute atomic E-state index is 12.5. The van der Waals surface area contributed by atoms with Crippen LogP contribution in [0, 0.1) is 0 Å². The van der Waals surface area contributed by atoms with Crippen molar-refractivity contribution in [2.45, 2.75) is 12.6 Å². The summed E-state index contributed by atoms with van der Waals surface area (Å²) < 4.78 is 47.6. The van der Waals surface area contributed by atoms with Gasteiger partial charge in [0.05, 0.1) is 18.2 Å². The summed E-state index contributed by atoms with van der Waals surface area (Å²) in [4.78, 5) is 25.5. The molecule has 0 radical (unpaired) electrons. The average Bonchev–Trinajstić information content (AvgIpc) is 3.08. The number of fused-ring (bicyclic) bond motifs is 1. The molecule has 0 bridgehead atoms. The molecule has 0 aromatic heterocycles. The highest BCUT2D eigenvalue weighted by atomic mass is 19.4. The van der Waals surface area contributed by atoms with Gasteiger partial charge in [-0.2, -0.15) is 13.2 Å². The molecule has 0 atom stereocenters. The zero-order valence-corrected chi connectivity index (χ0v) is 14.4. The summed E-state index contributed by atoms with van der Waals surface area (Å²) in [7, 11) is 1.30. The Labute approximate surface area is 153 Å². The number of halogens is 3. The number of anilines is 1. The number of esters is 1. The van der Waals surface area contributed by atoms with Crippen LogP contribution in [0.5, 0.6) is 5.75 Å². The molecule has 1 aliphatic rings. The summed E-state index contributed by atoms with van der Waals surface area (Å²) in [5.74, 6) is -0.593. The molecule has 1 amide bonds. The number of methoxy groups -OCH3 is 1. The predicted octanol–water partition coefficient (Wildman–Crippen LogP) is 3.46. The Balaban J connectivity index is 1.64. The number of ether oxygens (including phenoxy) is 2. The van der Waals surface area contributed by atoms with Crippen LogP contribution in [0.15, 0.2) is 42.5 Å². The maximum Gasteiger partial charge on any atom is 0.416 e. The van der Waals surface area contributed by atoms with Crippen LogP contribution in [0.1, 0.15) is 21.5 Å². The summed E-state index contributed by atoms with van der Waals surface area (Å²) in [6, 6.07) is 9.09. The van der Waals surface area contributed by atoms with Crippen LogP contribution >= 0.6 is 0 Å². The molecule has 0 fully saturated rings. The van der Waals surface area contributed by atoms with E-state index in [1.54, 1.807) is 18.2 Å². The van der Waals surface area contributed by atoms with Crippen LogP contribution in [-0.2, 0) is 22.1 Å². The summed E-state index contributed by atoms with van der Waals surface area (Å²) in [6.45, 7) is 0.138. The topological polar surface area (TPSA) is 55.8 Å². The lowest BCUT2D eigenvalue weighted by Crippen LogP contribution is -2.33. The zero-order chi connectivity index (χ0) is 19.6. The van der Waals surface area contributed by atoms with Gasteiger partial charge in [-0.15, -0.1) is 0 Å². The normalized spacial score (nSPS) is 13.3. The first-order valence-electron chi connectivity index (χ1n) is 8.11. The van der Waals surface area contributed by atoms with Crippen molar-refractivity contribution in [3.8, 4) is 5.75 Å². The minimum atomic E-state index is -4.42. The summed E-state index contributed by atoms with van der Waals surface area (Å²) in [5, 5.41) is 0. The summed E-state index contributed by atoms with van der Waals surface area (Å²) in [5.41, 5.74) is 1.16. The van der Waals surface area contributed by atoms with Crippen molar-refractivity contribution in [3.63, 3.8) is 0 Å². The highest BCUT2D eigenvalue weighted by Crippen LogP contribution is 2.31. The van der Waals surface area contributed by atoms with E-state index in [1.165, 1.54) is 24.1 Å². The quantitative estimate of drug-likeness (QED) is 0.764. The lowest BCUT2D eigenvalue weighted by molar-refractivity contribution is -0.137. The van der Waals surface area contributed by atoms with Gasteiger partial charge in [0.2, 0.25) is 0 Å². The molecular weight excluding hydrogens is 363 g/mol. The first-order chi connectivity index (χ1) is 12.8. The third kappa shape index (κ3) is 4.05. The number of carbonyl (C=O) groups is 2. The lowest BCUT2D eigenvalue weighted by atomic mass is 10.1. The molecule has 0 aliphatic carbocycles. The van der Waals surface area contributed by atoms with Gasteiger partial charge >= 0.3 is 12.1 Å². The molecule has 1 heterocycles. The van der Waals surface area contributed by atoms with Crippen molar-refractivity contribution in [1.29, 1.82) is 0 Å². The first-order valence-corrected chi connectivity index (χ1v) is 8.11. The fourth-order valence-electron chi connectivity index (χ4n) is 2.87. The number of hydrogen-bond donors (Lipinski definition) is 0. The Hall–Kier alpha value is -3.03. The van der Waals surface area contributed by atoms with Crippen molar-refractivity contribution < 1.29 is 32.2 Å². The molecule has 1 aliphatic heterocycles. The van der Waals surface area contributed by atoms with Gasteiger partial charge in [0.1, 0.15) is 5.75 Å². The third-order valence-electron chi connectivity index (χ3n) is 4.24. The fourth-order valence-corrected chi connectivity index (χ4v) is 2.87. The summed E-state index contributed by atoms with van der Waals surface area (Å²) >= 11 is 0. The van der Waals surface area contributed by atoms with Crippen molar-refractivity contribution in [2.75, 3.05) is 25.2 Å². The molecule has 27 heavy (non-hydrogen) atoms. The van der Waals surface area contributed by atoms with Gasteiger partial charge in [-0.3, -0.25) is 4.79 Å². The highest BCUT2D eigenvalue weighted by Gasteiger charge is 2.30. The molecule has 0 unspecified atom stereocenters. The van der Waals surface area contributed by atoms with E-state index in [0.717, 1.165) is 17.7 Å². The Morgan fingerprint density at radius 3 is 2.44 bits per heavy atom. The van der Waals surface area contributed by atoms with E-state index in [0.29, 0.717) is 24.2 Å². The van der Waals surface area contributed by atoms with Gasteiger partial charge in [-0.25, -0.2) is 4.79 Å². The van der Waals surface area contributed by atoms with Crippen LogP contribution < -0.4 is 9.64 Å². The molecule has 0 N–H and O–H groups in total. The van der Waals surface area contributed by atoms with Crippen LogP contribution in [0.4, 0.5) is 18.9 Å². The number of rotatable bonds is 4. The van der Waals surface area contributed by atoms with E-state index in [9.17, 15) is 22.8 Å². The van der Waals surface area contributed by atoms with Crippen LogP contribution in [0.25, 0.3) is 0 Å². The van der Waals surface area contributed by atoms with Crippen LogP contribution in [-0.4, -0.2) is 32.1 Å². The monoisotopic (exact) mass is 379 g/mol. The van der Waals surface area contributed by atoms with Crippen molar-refractivity contribution in [1.82, 2.24) is 0 Å². The molecule has 2 aromatic rings. The van der Waals surface area contributed by atoms with E-state index in [-0.39, 0.29) is 18.3 Å². The van der Waals surface area contributed by atoms with Crippen molar-refractivity contribution in [2.24, 2.45) is 0 Å². The van der Waals surface area contributed by atoms with Crippen molar-refractivity contribution >= 4 is 17.6 Å². The van der Waals surface area contributed by atoms with E-state index in [4.69, 9.17) is 4.74 Å². The molecular formula is C19H16F3NO4. The number of hydrogen-bond acceptors (Lipinski definition) is 4. The summed E-state index contributed by atoms with van der Waals surface area (Å²) in [6.07, 6.45) is -3.83. The Morgan fingerprint density at radius 2 is 1.81 bits per heavy atom. The predicted molar refractivity (Wildman–Crippen MR) is 90.8 cm³/mol. The van der Waals surface area contributed by atoms with Crippen LogP contribution in [0.3, 0.4) is 0 Å². The minimum absolute atomic E-state index is 0.178. The van der Waals surface area contributed by atoms with Crippen molar-refractivity contribution in [3.05, 3.63) is 59.2 Å². The van der Waals surface area contributed by atoms with Gasteiger partial charge in [0.15, 0.2) is 6.61 Å². The van der Waals surface area contributed by atoms with E-state index in [1.807, 2.05) is 0 Å². The van der Waals surface area contributed by atoms with Gasteiger partial charge in [-0.1, -0.05) is 0 Å². The first kappa shape index (κ1) is 18.8.